The predicted molar refractivity (Wildman–Crippen MR) is 80.0 cm³/mol. The van der Waals surface area contributed by atoms with E-state index in [-0.39, 0.29) is 35.4 Å². The van der Waals surface area contributed by atoms with Gasteiger partial charge < -0.3 is 13.9 Å². The van der Waals surface area contributed by atoms with Crippen LogP contribution in [0.5, 0.6) is 0 Å². The third kappa shape index (κ3) is 2.99. The van der Waals surface area contributed by atoms with E-state index in [4.69, 9.17) is 13.9 Å². The number of cyclic esters (lactones) is 1. The quantitative estimate of drug-likeness (QED) is 0.456. The van der Waals surface area contributed by atoms with Gasteiger partial charge in [-0.1, -0.05) is 20.8 Å². The van der Waals surface area contributed by atoms with Gasteiger partial charge in [0.15, 0.2) is 8.32 Å². The third-order valence-electron chi connectivity index (χ3n) is 4.59. The van der Waals surface area contributed by atoms with Gasteiger partial charge in [0, 0.05) is 0 Å². The van der Waals surface area contributed by atoms with Crippen LogP contribution in [-0.2, 0) is 18.7 Å². The van der Waals surface area contributed by atoms with Crippen molar-refractivity contribution in [2.45, 2.75) is 77.2 Å². The first-order valence-electron chi connectivity index (χ1n) is 7.29. The molecule has 1 fully saturated rings. The van der Waals surface area contributed by atoms with Crippen LogP contribution in [0, 0.1) is 0 Å². The molecule has 4 nitrogen and oxygen atoms in total. The first kappa shape index (κ1) is 15.7. The molecular formula is C15H26O4Si. The summed E-state index contributed by atoms with van der Waals surface area (Å²) < 4.78 is 17.2. The molecule has 0 bridgehead atoms. The fraction of sp³-hybridized carbons (Fsp3) is 0.800. The largest absolute Gasteiger partial charge is 0.456 e. The Bertz CT molecular complexity index is 436. The summed E-state index contributed by atoms with van der Waals surface area (Å²) in [5.41, 5.74) is 0.624. The SMILES string of the molecule is C[C@@H]1O[C@H]1C1=C[C@H](O[Si](C)(C)C(C)(C)C)[C@@H](C)OC1=O. The van der Waals surface area contributed by atoms with Gasteiger partial charge in [0.2, 0.25) is 0 Å². The van der Waals surface area contributed by atoms with Gasteiger partial charge in [-0.25, -0.2) is 4.79 Å². The summed E-state index contributed by atoms with van der Waals surface area (Å²) in [4.78, 5) is 11.9. The minimum Gasteiger partial charge on any atom is -0.456 e. The number of carbonyl (C=O) groups is 1. The summed E-state index contributed by atoms with van der Waals surface area (Å²) in [5, 5.41) is 0.131. The van der Waals surface area contributed by atoms with Gasteiger partial charge in [0.1, 0.15) is 18.3 Å². The zero-order chi connectivity index (χ0) is 15.3. The van der Waals surface area contributed by atoms with E-state index in [1.54, 1.807) is 0 Å². The third-order valence-corrected chi connectivity index (χ3v) is 9.06. The second-order valence-electron chi connectivity index (χ2n) is 7.34. The highest BCUT2D eigenvalue weighted by atomic mass is 28.4. The number of rotatable bonds is 3. The van der Waals surface area contributed by atoms with Crippen molar-refractivity contribution in [3.8, 4) is 0 Å². The summed E-state index contributed by atoms with van der Waals surface area (Å²) in [6.07, 6.45) is 1.51. The number of epoxide rings is 1. The second kappa shape index (κ2) is 4.96. The molecule has 5 heteroatoms. The minimum absolute atomic E-state index is 0.107. The fourth-order valence-electron chi connectivity index (χ4n) is 2.05. The molecule has 1 saturated heterocycles. The summed E-state index contributed by atoms with van der Waals surface area (Å²) in [7, 11) is -1.89. The van der Waals surface area contributed by atoms with Gasteiger partial charge in [-0.05, 0) is 38.1 Å². The van der Waals surface area contributed by atoms with Crippen molar-refractivity contribution in [1.29, 1.82) is 0 Å². The summed E-state index contributed by atoms with van der Waals surface area (Å²) in [6, 6.07) is 0. The highest BCUT2D eigenvalue weighted by molar-refractivity contribution is 6.74. The maximum atomic E-state index is 11.9. The van der Waals surface area contributed by atoms with E-state index in [1.165, 1.54) is 0 Å². The number of carbonyl (C=O) groups excluding carboxylic acids is 1. The van der Waals surface area contributed by atoms with Gasteiger partial charge in [0.25, 0.3) is 0 Å². The van der Waals surface area contributed by atoms with Gasteiger partial charge in [-0.3, -0.25) is 0 Å². The minimum atomic E-state index is -1.89. The van der Waals surface area contributed by atoms with Crippen molar-refractivity contribution in [1.82, 2.24) is 0 Å². The molecule has 4 atom stereocenters. The molecular weight excluding hydrogens is 272 g/mol. The molecule has 20 heavy (non-hydrogen) atoms. The molecule has 0 radical (unpaired) electrons. The lowest BCUT2D eigenvalue weighted by Crippen LogP contribution is -2.48. The van der Waals surface area contributed by atoms with Crippen molar-refractivity contribution >= 4 is 14.3 Å². The summed E-state index contributed by atoms with van der Waals surface area (Å²) in [6.45, 7) is 14.9. The van der Waals surface area contributed by atoms with Crippen molar-refractivity contribution in [3.63, 3.8) is 0 Å². The lowest BCUT2D eigenvalue weighted by Gasteiger charge is -2.41. The first-order chi connectivity index (χ1) is 9.03. The molecule has 0 N–H and O–H groups in total. The van der Waals surface area contributed by atoms with E-state index in [1.807, 2.05) is 19.9 Å². The van der Waals surface area contributed by atoms with Crippen molar-refractivity contribution in [2.75, 3.05) is 0 Å². The molecule has 0 spiro atoms. The Labute approximate surface area is 122 Å². The fourth-order valence-corrected chi connectivity index (χ4v) is 3.35. The monoisotopic (exact) mass is 298 g/mol. The van der Waals surface area contributed by atoms with E-state index in [0.717, 1.165) is 0 Å². The average molecular weight is 298 g/mol. The molecule has 0 aliphatic carbocycles. The van der Waals surface area contributed by atoms with Crippen LogP contribution >= 0.6 is 0 Å². The predicted octanol–water partition coefficient (Wildman–Crippen LogP) is 3.04. The lowest BCUT2D eigenvalue weighted by atomic mass is 10.0. The van der Waals surface area contributed by atoms with Crippen LogP contribution in [0.1, 0.15) is 34.6 Å². The number of ether oxygens (including phenoxy) is 2. The van der Waals surface area contributed by atoms with Crippen molar-refractivity contribution in [2.24, 2.45) is 0 Å². The van der Waals surface area contributed by atoms with Crippen LogP contribution in [0.2, 0.25) is 18.1 Å². The molecule has 2 aliphatic heterocycles. The van der Waals surface area contributed by atoms with Crippen molar-refractivity contribution < 1.29 is 18.7 Å². The van der Waals surface area contributed by atoms with E-state index in [0.29, 0.717) is 5.57 Å². The smallest absolute Gasteiger partial charge is 0.336 e. The Morgan fingerprint density at radius 2 is 1.75 bits per heavy atom. The Morgan fingerprint density at radius 1 is 1.20 bits per heavy atom. The van der Waals surface area contributed by atoms with Crippen LogP contribution in [0.15, 0.2) is 11.6 Å². The second-order valence-corrected chi connectivity index (χ2v) is 12.1. The van der Waals surface area contributed by atoms with Crippen LogP contribution in [0.3, 0.4) is 0 Å². The lowest BCUT2D eigenvalue weighted by molar-refractivity contribution is -0.149. The maximum absolute atomic E-state index is 11.9. The van der Waals surface area contributed by atoms with E-state index in [2.05, 4.69) is 33.9 Å². The molecule has 0 unspecified atom stereocenters. The summed E-state index contributed by atoms with van der Waals surface area (Å²) >= 11 is 0. The van der Waals surface area contributed by atoms with E-state index < -0.39 is 8.32 Å². The van der Waals surface area contributed by atoms with Crippen molar-refractivity contribution in [3.05, 3.63) is 11.6 Å². The zero-order valence-electron chi connectivity index (χ0n) is 13.5. The van der Waals surface area contributed by atoms with Crippen LogP contribution < -0.4 is 0 Å². The average Bonchev–Trinajstić information content (AvgIpc) is 2.97. The molecule has 0 saturated carbocycles. The van der Waals surface area contributed by atoms with Crippen LogP contribution in [0.25, 0.3) is 0 Å². The molecule has 2 aliphatic rings. The number of esters is 1. The molecule has 0 aromatic rings. The molecule has 114 valence electrons. The van der Waals surface area contributed by atoms with Gasteiger partial charge in [-0.15, -0.1) is 0 Å². The molecule has 2 rings (SSSR count). The molecule has 0 amide bonds. The molecule has 0 aromatic heterocycles. The number of hydrogen-bond acceptors (Lipinski definition) is 4. The normalized spacial score (nSPS) is 34.5. The topological polar surface area (TPSA) is 48.1 Å². The zero-order valence-corrected chi connectivity index (χ0v) is 14.5. The summed E-state index contributed by atoms with van der Waals surface area (Å²) in [5.74, 6) is -0.262. The van der Waals surface area contributed by atoms with Gasteiger partial charge in [0.05, 0.1) is 11.7 Å². The Morgan fingerprint density at radius 3 is 2.20 bits per heavy atom. The van der Waals surface area contributed by atoms with E-state index in [9.17, 15) is 4.79 Å². The van der Waals surface area contributed by atoms with Gasteiger partial charge in [-0.2, -0.15) is 0 Å². The highest BCUT2D eigenvalue weighted by Gasteiger charge is 2.46. The van der Waals surface area contributed by atoms with Crippen LogP contribution in [-0.4, -0.2) is 38.7 Å². The Hall–Kier alpha value is -0.653. The number of hydrogen-bond donors (Lipinski definition) is 0. The standard InChI is InChI=1S/C15H26O4Si/c1-9-12(19-20(6,7)15(3,4)5)8-11(14(16)18-9)13-10(2)17-13/h8-10,12-13H,1-7H3/t9-,10+,12+,13-/m1/s1. The van der Waals surface area contributed by atoms with E-state index >= 15 is 0 Å². The maximum Gasteiger partial charge on any atom is 0.336 e. The van der Waals surface area contributed by atoms with Crippen LogP contribution in [0.4, 0.5) is 0 Å². The Balaban J connectivity index is 2.18. The highest BCUT2D eigenvalue weighted by Crippen LogP contribution is 2.39. The molecule has 0 aromatic carbocycles. The first-order valence-corrected chi connectivity index (χ1v) is 10.2. The molecule has 2 heterocycles. The Kier molecular flexibility index (Phi) is 3.90. The van der Waals surface area contributed by atoms with Gasteiger partial charge >= 0.3 is 5.97 Å².